The number of hydrogen-bond donors (Lipinski definition) is 0. The summed E-state index contributed by atoms with van der Waals surface area (Å²) in [6.07, 6.45) is 3.06. The molecule has 0 radical (unpaired) electrons. The fourth-order valence-corrected chi connectivity index (χ4v) is 2.97. The van der Waals surface area contributed by atoms with Crippen molar-refractivity contribution in [1.29, 1.82) is 0 Å². The molecular formula is C14H26O3. The molecule has 0 aromatic rings. The number of carbonyl (C=O) groups is 1. The van der Waals surface area contributed by atoms with E-state index in [1.165, 1.54) is 6.42 Å². The molecule has 0 bridgehead atoms. The van der Waals surface area contributed by atoms with Gasteiger partial charge >= 0.3 is 5.97 Å². The number of hydrogen-bond acceptors (Lipinski definition) is 3. The first-order valence-corrected chi connectivity index (χ1v) is 6.66. The van der Waals surface area contributed by atoms with Gasteiger partial charge in [0.05, 0.1) is 12.7 Å². The second-order valence-electron chi connectivity index (χ2n) is 6.07. The summed E-state index contributed by atoms with van der Waals surface area (Å²) in [7, 11) is 0. The van der Waals surface area contributed by atoms with Crippen molar-refractivity contribution in [3.63, 3.8) is 0 Å². The summed E-state index contributed by atoms with van der Waals surface area (Å²) >= 11 is 0. The Morgan fingerprint density at radius 2 is 2.06 bits per heavy atom. The molecule has 17 heavy (non-hydrogen) atoms. The number of esters is 1. The molecule has 1 fully saturated rings. The van der Waals surface area contributed by atoms with Crippen LogP contribution in [0.5, 0.6) is 0 Å². The van der Waals surface area contributed by atoms with E-state index >= 15 is 0 Å². The molecule has 3 atom stereocenters. The smallest absolute Gasteiger partial charge is 0.334 e. The van der Waals surface area contributed by atoms with Gasteiger partial charge in [-0.2, -0.15) is 0 Å². The molecule has 0 spiro atoms. The van der Waals surface area contributed by atoms with Crippen LogP contribution in [0.15, 0.2) is 0 Å². The number of rotatable bonds is 4. The van der Waals surface area contributed by atoms with Crippen molar-refractivity contribution in [2.75, 3.05) is 6.61 Å². The van der Waals surface area contributed by atoms with Crippen LogP contribution in [-0.2, 0) is 14.3 Å². The van der Waals surface area contributed by atoms with E-state index in [1.54, 1.807) is 6.92 Å². The molecule has 0 N–H and O–H groups in total. The van der Waals surface area contributed by atoms with Crippen molar-refractivity contribution in [1.82, 2.24) is 0 Å². The Hall–Kier alpha value is -0.570. The Morgan fingerprint density at radius 1 is 1.41 bits per heavy atom. The molecule has 1 rings (SSSR count). The Labute approximate surface area is 105 Å². The van der Waals surface area contributed by atoms with Crippen molar-refractivity contribution >= 4 is 5.97 Å². The maximum Gasteiger partial charge on any atom is 0.334 e. The molecule has 0 amide bonds. The minimum Gasteiger partial charge on any atom is -0.464 e. The van der Waals surface area contributed by atoms with Crippen molar-refractivity contribution in [3.8, 4) is 0 Å². The Kier molecular flexibility index (Phi) is 4.99. The molecule has 0 aromatic carbocycles. The van der Waals surface area contributed by atoms with Gasteiger partial charge in [-0.25, -0.2) is 4.79 Å². The van der Waals surface area contributed by atoms with Gasteiger partial charge < -0.3 is 9.47 Å². The normalized spacial score (nSPS) is 29.7. The van der Waals surface area contributed by atoms with Crippen LogP contribution in [0, 0.1) is 11.3 Å². The highest BCUT2D eigenvalue weighted by Crippen LogP contribution is 2.39. The fourth-order valence-electron chi connectivity index (χ4n) is 2.97. The Bertz CT molecular complexity index is 260. The quantitative estimate of drug-likeness (QED) is 0.710. The van der Waals surface area contributed by atoms with Gasteiger partial charge in [0.15, 0.2) is 6.10 Å². The van der Waals surface area contributed by atoms with Crippen molar-refractivity contribution in [2.45, 2.75) is 66.1 Å². The molecule has 1 aliphatic rings. The Morgan fingerprint density at radius 3 is 2.59 bits per heavy atom. The molecular weight excluding hydrogens is 216 g/mol. The van der Waals surface area contributed by atoms with Crippen LogP contribution in [0.4, 0.5) is 0 Å². The van der Waals surface area contributed by atoms with Gasteiger partial charge in [0, 0.05) is 0 Å². The average molecular weight is 242 g/mol. The Balaban J connectivity index is 2.48. The first-order chi connectivity index (χ1) is 7.84. The van der Waals surface area contributed by atoms with Gasteiger partial charge in [0.2, 0.25) is 0 Å². The standard InChI is InChI=1S/C14H26O3/c1-6-16-13(15)11(3)17-12-7-10(2)8-14(4,5)9-12/h10-12H,6-9H2,1-5H3. The van der Waals surface area contributed by atoms with E-state index in [9.17, 15) is 4.79 Å². The van der Waals surface area contributed by atoms with Crippen LogP contribution < -0.4 is 0 Å². The highest BCUT2D eigenvalue weighted by molar-refractivity contribution is 5.74. The SMILES string of the molecule is CCOC(=O)C(C)OC1CC(C)CC(C)(C)C1. The second-order valence-corrected chi connectivity index (χ2v) is 6.07. The first-order valence-electron chi connectivity index (χ1n) is 6.66. The van der Waals surface area contributed by atoms with E-state index in [2.05, 4.69) is 20.8 Å². The van der Waals surface area contributed by atoms with E-state index < -0.39 is 6.10 Å². The van der Waals surface area contributed by atoms with Gasteiger partial charge in [-0.1, -0.05) is 20.8 Å². The monoisotopic (exact) mass is 242 g/mol. The van der Waals surface area contributed by atoms with Crippen LogP contribution in [0.25, 0.3) is 0 Å². The second kappa shape index (κ2) is 5.85. The highest BCUT2D eigenvalue weighted by Gasteiger charge is 2.34. The zero-order valence-electron chi connectivity index (χ0n) is 11.8. The van der Waals surface area contributed by atoms with Crippen LogP contribution in [-0.4, -0.2) is 24.8 Å². The maximum absolute atomic E-state index is 11.5. The van der Waals surface area contributed by atoms with E-state index in [-0.39, 0.29) is 12.1 Å². The van der Waals surface area contributed by atoms with Crippen LogP contribution in [0.2, 0.25) is 0 Å². The lowest BCUT2D eigenvalue weighted by atomic mass is 9.71. The summed E-state index contributed by atoms with van der Waals surface area (Å²) in [5.74, 6) is 0.418. The van der Waals surface area contributed by atoms with E-state index in [1.807, 2.05) is 6.92 Å². The summed E-state index contributed by atoms with van der Waals surface area (Å²) in [5, 5.41) is 0. The first kappa shape index (κ1) is 14.5. The van der Waals surface area contributed by atoms with Crippen LogP contribution in [0.1, 0.15) is 53.9 Å². The van der Waals surface area contributed by atoms with Crippen molar-refractivity contribution < 1.29 is 14.3 Å². The molecule has 3 unspecified atom stereocenters. The minimum atomic E-state index is -0.443. The molecule has 1 saturated carbocycles. The number of carbonyl (C=O) groups excluding carboxylic acids is 1. The largest absolute Gasteiger partial charge is 0.464 e. The minimum absolute atomic E-state index is 0.188. The maximum atomic E-state index is 11.5. The zero-order valence-corrected chi connectivity index (χ0v) is 11.8. The summed E-state index contributed by atoms with van der Waals surface area (Å²) in [4.78, 5) is 11.5. The average Bonchev–Trinajstić information content (AvgIpc) is 2.14. The fraction of sp³-hybridized carbons (Fsp3) is 0.929. The molecule has 3 heteroatoms. The third-order valence-electron chi connectivity index (χ3n) is 3.36. The number of ether oxygens (including phenoxy) is 2. The van der Waals surface area contributed by atoms with Gasteiger partial charge in [-0.3, -0.25) is 0 Å². The molecule has 0 aliphatic heterocycles. The third-order valence-corrected chi connectivity index (χ3v) is 3.36. The van der Waals surface area contributed by atoms with E-state index in [0.29, 0.717) is 17.9 Å². The van der Waals surface area contributed by atoms with Gasteiger partial charge in [-0.15, -0.1) is 0 Å². The predicted octanol–water partition coefficient (Wildman–Crippen LogP) is 3.17. The van der Waals surface area contributed by atoms with Crippen molar-refractivity contribution in [3.05, 3.63) is 0 Å². The predicted molar refractivity (Wildman–Crippen MR) is 67.8 cm³/mol. The molecule has 1 aliphatic carbocycles. The summed E-state index contributed by atoms with van der Waals surface area (Å²) < 4.78 is 10.8. The topological polar surface area (TPSA) is 35.5 Å². The van der Waals surface area contributed by atoms with E-state index in [0.717, 1.165) is 12.8 Å². The van der Waals surface area contributed by atoms with Gasteiger partial charge in [-0.05, 0) is 44.4 Å². The van der Waals surface area contributed by atoms with E-state index in [4.69, 9.17) is 9.47 Å². The molecule has 100 valence electrons. The van der Waals surface area contributed by atoms with Crippen LogP contribution in [0.3, 0.4) is 0 Å². The molecule has 0 heterocycles. The lowest BCUT2D eigenvalue weighted by Crippen LogP contribution is -2.36. The molecule has 0 aromatic heterocycles. The van der Waals surface area contributed by atoms with Crippen LogP contribution >= 0.6 is 0 Å². The molecule has 0 saturated heterocycles. The summed E-state index contributed by atoms with van der Waals surface area (Å²) in [6, 6.07) is 0. The zero-order chi connectivity index (χ0) is 13.1. The third kappa shape index (κ3) is 4.66. The highest BCUT2D eigenvalue weighted by atomic mass is 16.6. The van der Waals surface area contributed by atoms with Crippen molar-refractivity contribution in [2.24, 2.45) is 11.3 Å². The summed E-state index contributed by atoms with van der Waals surface area (Å²) in [6.45, 7) is 10.8. The summed E-state index contributed by atoms with van der Waals surface area (Å²) in [5.41, 5.74) is 0.316. The molecule has 3 nitrogen and oxygen atoms in total. The van der Waals surface area contributed by atoms with Gasteiger partial charge in [0.25, 0.3) is 0 Å². The lowest BCUT2D eigenvalue weighted by molar-refractivity contribution is -0.162. The van der Waals surface area contributed by atoms with Gasteiger partial charge in [0.1, 0.15) is 0 Å². The lowest BCUT2D eigenvalue weighted by Gasteiger charge is -2.39.